The lowest BCUT2D eigenvalue weighted by molar-refractivity contribution is -0.150. The van der Waals surface area contributed by atoms with Gasteiger partial charge in [0.1, 0.15) is 5.60 Å². The molecule has 0 amide bonds. The summed E-state index contributed by atoms with van der Waals surface area (Å²) >= 11 is 6.76. The second-order valence-electron chi connectivity index (χ2n) is 5.59. The summed E-state index contributed by atoms with van der Waals surface area (Å²) in [6, 6.07) is 3.68. The standard InChI is InChI=1S/C14H18N2O2S2/c1-8-10(12(17)18-14(2,3)4)11(16-13(19)15-8)9-6-5-7-20-9/h5-7,11H,1-4H3,(H2,15,16,19)/t11-/m0/s1. The molecule has 0 unspecified atom stereocenters. The number of nitrogens with one attached hydrogen (secondary N) is 2. The fourth-order valence-corrected chi connectivity index (χ4v) is 3.02. The summed E-state index contributed by atoms with van der Waals surface area (Å²) in [6.45, 7) is 7.41. The summed E-state index contributed by atoms with van der Waals surface area (Å²) in [6.07, 6.45) is 0. The molecule has 0 fully saturated rings. The second kappa shape index (κ2) is 5.54. The zero-order valence-corrected chi connectivity index (χ0v) is 13.6. The van der Waals surface area contributed by atoms with Crippen LogP contribution in [0.4, 0.5) is 0 Å². The smallest absolute Gasteiger partial charge is 0.338 e. The number of hydrogen-bond donors (Lipinski definition) is 2. The van der Waals surface area contributed by atoms with Crippen LogP contribution in [-0.2, 0) is 9.53 Å². The summed E-state index contributed by atoms with van der Waals surface area (Å²) < 4.78 is 5.50. The molecule has 4 nitrogen and oxygen atoms in total. The quantitative estimate of drug-likeness (QED) is 0.650. The summed E-state index contributed by atoms with van der Waals surface area (Å²) in [5, 5.41) is 8.63. The molecule has 2 heterocycles. The SMILES string of the molecule is CC1=C(C(=O)OC(C)(C)C)[C@H](c2cccs2)NC(=S)N1. The van der Waals surface area contributed by atoms with Crippen LogP contribution in [0.25, 0.3) is 0 Å². The van der Waals surface area contributed by atoms with Crippen molar-refractivity contribution in [3.63, 3.8) is 0 Å². The maximum atomic E-state index is 12.4. The lowest BCUT2D eigenvalue weighted by atomic mass is 10.0. The molecular weight excluding hydrogens is 292 g/mol. The van der Waals surface area contributed by atoms with Gasteiger partial charge in [-0.1, -0.05) is 6.07 Å². The fourth-order valence-electron chi connectivity index (χ4n) is 1.97. The summed E-state index contributed by atoms with van der Waals surface area (Å²) in [5.74, 6) is -0.323. The maximum absolute atomic E-state index is 12.4. The van der Waals surface area contributed by atoms with E-state index in [1.807, 2.05) is 45.2 Å². The van der Waals surface area contributed by atoms with Crippen LogP contribution < -0.4 is 10.6 Å². The Kier molecular flexibility index (Phi) is 4.15. The molecule has 0 spiro atoms. The maximum Gasteiger partial charge on any atom is 0.338 e. The van der Waals surface area contributed by atoms with Crippen molar-refractivity contribution in [3.8, 4) is 0 Å². The van der Waals surface area contributed by atoms with Crippen molar-refractivity contribution < 1.29 is 9.53 Å². The Bertz CT molecular complexity index is 556. The Hall–Kier alpha value is -1.40. The molecule has 20 heavy (non-hydrogen) atoms. The van der Waals surface area contributed by atoms with Gasteiger partial charge >= 0.3 is 5.97 Å². The van der Waals surface area contributed by atoms with Crippen molar-refractivity contribution in [2.75, 3.05) is 0 Å². The van der Waals surface area contributed by atoms with Gasteiger partial charge in [-0.2, -0.15) is 0 Å². The molecule has 0 saturated carbocycles. The molecule has 1 aromatic rings. The van der Waals surface area contributed by atoms with E-state index in [1.165, 1.54) is 0 Å². The van der Waals surface area contributed by atoms with Crippen LogP contribution >= 0.6 is 23.6 Å². The first-order chi connectivity index (χ1) is 9.28. The Morgan fingerprint density at radius 3 is 2.70 bits per heavy atom. The van der Waals surface area contributed by atoms with E-state index in [0.29, 0.717) is 10.7 Å². The average molecular weight is 310 g/mol. The van der Waals surface area contributed by atoms with Crippen molar-refractivity contribution in [1.29, 1.82) is 0 Å². The highest BCUT2D eigenvalue weighted by Gasteiger charge is 2.33. The number of ether oxygens (including phenoxy) is 1. The molecule has 2 N–H and O–H groups in total. The highest BCUT2D eigenvalue weighted by atomic mass is 32.1. The molecule has 1 aliphatic rings. The van der Waals surface area contributed by atoms with Crippen molar-refractivity contribution >= 4 is 34.6 Å². The normalized spacial score (nSPS) is 19.4. The molecule has 0 saturated heterocycles. The van der Waals surface area contributed by atoms with E-state index in [-0.39, 0.29) is 12.0 Å². The number of esters is 1. The van der Waals surface area contributed by atoms with Gasteiger partial charge in [0.2, 0.25) is 0 Å². The molecule has 0 bridgehead atoms. The van der Waals surface area contributed by atoms with Crippen molar-refractivity contribution in [2.45, 2.75) is 39.3 Å². The molecule has 2 rings (SSSR count). The van der Waals surface area contributed by atoms with Crippen LogP contribution in [0.5, 0.6) is 0 Å². The Balaban J connectivity index is 2.37. The van der Waals surface area contributed by atoms with Gasteiger partial charge in [0.25, 0.3) is 0 Å². The Morgan fingerprint density at radius 2 is 2.15 bits per heavy atom. The van der Waals surface area contributed by atoms with Gasteiger partial charge in [0.05, 0.1) is 11.6 Å². The molecule has 0 radical (unpaired) electrons. The topological polar surface area (TPSA) is 50.4 Å². The molecule has 0 aliphatic carbocycles. The van der Waals surface area contributed by atoms with E-state index in [1.54, 1.807) is 11.3 Å². The molecule has 1 atom stereocenters. The van der Waals surface area contributed by atoms with Gasteiger partial charge in [0, 0.05) is 10.6 Å². The Morgan fingerprint density at radius 1 is 1.45 bits per heavy atom. The van der Waals surface area contributed by atoms with Gasteiger partial charge < -0.3 is 15.4 Å². The number of hydrogen-bond acceptors (Lipinski definition) is 4. The zero-order valence-electron chi connectivity index (χ0n) is 11.9. The Labute approximate surface area is 128 Å². The number of carbonyl (C=O) groups is 1. The van der Waals surface area contributed by atoms with Crippen molar-refractivity contribution in [2.24, 2.45) is 0 Å². The minimum atomic E-state index is -0.525. The predicted octanol–water partition coefficient (Wildman–Crippen LogP) is 2.88. The number of allylic oxidation sites excluding steroid dienone is 1. The first-order valence-corrected chi connectivity index (χ1v) is 7.62. The first kappa shape index (κ1) is 15.0. The number of carbonyl (C=O) groups excluding carboxylic acids is 1. The van der Waals surface area contributed by atoms with Crippen LogP contribution in [0.15, 0.2) is 28.8 Å². The number of rotatable bonds is 2. The van der Waals surface area contributed by atoms with E-state index in [4.69, 9.17) is 17.0 Å². The zero-order chi connectivity index (χ0) is 14.9. The van der Waals surface area contributed by atoms with E-state index < -0.39 is 5.60 Å². The van der Waals surface area contributed by atoms with E-state index in [0.717, 1.165) is 10.6 Å². The first-order valence-electron chi connectivity index (χ1n) is 6.33. The largest absolute Gasteiger partial charge is 0.456 e. The highest BCUT2D eigenvalue weighted by Crippen LogP contribution is 2.31. The third-order valence-electron chi connectivity index (χ3n) is 2.72. The van der Waals surface area contributed by atoms with Crippen LogP contribution in [0, 0.1) is 0 Å². The van der Waals surface area contributed by atoms with E-state index in [9.17, 15) is 4.79 Å². The van der Waals surface area contributed by atoms with E-state index >= 15 is 0 Å². The third kappa shape index (κ3) is 3.37. The molecule has 1 aliphatic heterocycles. The van der Waals surface area contributed by atoms with Gasteiger partial charge in [-0.3, -0.25) is 0 Å². The van der Waals surface area contributed by atoms with Gasteiger partial charge in [0.15, 0.2) is 5.11 Å². The number of thiocarbonyl (C=S) groups is 1. The van der Waals surface area contributed by atoms with Gasteiger partial charge in [-0.15, -0.1) is 11.3 Å². The summed E-state index contributed by atoms with van der Waals surface area (Å²) in [7, 11) is 0. The minimum absolute atomic E-state index is 0.251. The summed E-state index contributed by atoms with van der Waals surface area (Å²) in [4.78, 5) is 13.5. The fraction of sp³-hybridized carbons (Fsp3) is 0.429. The van der Waals surface area contributed by atoms with Crippen LogP contribution in [-0.4, -0.2) is 16.7 Å². The lowest BCUT2D eigenvalue weighted by Crippen LogP contribution is -2.45. The predicted molar refractivity (Wildman–Crippen MR) is 84.5 cm³/mol. The third-order valence-corrected chi connectivity index (χ3v) is 3.87. The van der Waals surface area contributed by atoms with Crippen LogP contribution in [0.1, 0.15) is 38.6 Å². The molecule has 108 valence electrons. The highest BCUT2D eigenvalue weighted by molar-refractivity contribution is 7.80. The van der Waals surface area contributed by atoms with Crippen LogP contribution in [0.3, 0.4) is 0 Å². The van der Waals surface area contributed by atoms with Gasteiger partial charge in [-0.05, 0) is 51.4 Å². The van der Waals surface area contributed by atoms with E-state index in [2.05, 4.69) is 10.6 Å². The summed E-state index contributed by atoms with van der Waals surface area (Å²) in [5.41, 5.74) is 0.792. The monoisotopic (exact) mass is 310 g/mol. The van der Waals surface area contributed by atoms with Crippen molar-refractivity contribution in [3.05, 3.63) is 33.7 Å². The molecule has 0 aromatic carbocycles. The second-order valence-corrected chi connectivity index (χ2v) is 6.97. The number of thiophene rings is 1. The van der Waals surface area contributed by atoms with Crippen molar-refractivity contribution in [1.82, 2.24) is 10.6 Å². The minimum Gasteiger partial charge on any atom is -0.456 e. The van der Waals surface area contributed by atoms with Gasteiger partial charge in [-0.25, -0.2) is 4.79 Å². The average Bonchev–Trinajstić information content (AvgIpc) is 2.77. The molecular formula is C14H18N2O2S2. The molecule has 1 aromatic heterocycles. The van der Waals surface area contributed by atoms with Crippen LogP contribution in [0.2, 0.25) is 0 Å². The molecule has 6 heteroatoms. The lowest BCUT2D eigenvalue weighted by Gasteiger charge is -2.30.